The zero-order chi connectivity index (χ0) is 20.4. The predicted molar refractivity (Wildman–Crippen MR) is 119 cm³/mol. The van der Waals surface area contributed by atoms with Crippen molar-refractivity contribution in [1.29, 1.82) is 0 Å². The number of rotatable bonds is 6. The fourth-order valence-electron chi connectivity index (χ4n) is 5.56. The van der Waals surface area contributed by atoms with E-state index in [1.54, 1.807) is 0 Å². The molecule has 160 valence electrons. The molecule has 0 aromatic heterocycles. The normalized spacial score (nSPS) is 28.8. The van der Waals surface area contributed by atoms with Crippen LogP contribution in [0.4, 0.5) is 0 Å². The molecule has 1 aliphatic carbocycles. The van der Waals surface area contributed by atoms with E-state index in [9.17, 15) is 4.79 Å². The smallest absolute Gasteiger partial charge is 0.228 e. The van der Waals surface area contributed by atoms with Gasteiger partial charge in [-0.05, 0) is 82.1 Å². The molecular weight excluding hydrogens is 358 g/mol. The third-order valence-electron chi connectivity index (χ3n) is 7.52. The van der Waals surface area contributed by atoms with Crippen molar-refractivity contribution in [3.8, 4) is 0 Å². The number of piperidine rings is 2. The van der Waals surface area contributed by atoms with Crippen LogP contribution in [-0.2, 0) is 17.8 Å². The highest BCUT2D eigenvalue weighted by atomic mass is 16.2. The van der Waals surface area contributed by atoms with Crippen LogP contribution in [0.3, 0.4) is 0 Å². The molecule has 4 rings (SSSR count). The molecule has 1 amide bonds. The number of hydrogen-bond acceptors (Lipinski definition) is 3. The Morgan fingerprint density at radius 2 is 1.83 bits per heavy atom. The SMILES string of the molecule is CC(C)Cc1ccc(CN2CCC[C@@]3(C(=O)NC4CCC4)CCN(C)C[C@H]23)cc1. The quantitative estimate of drug-likeness (QED) is 0.792. The van der Waals surface area contributed by atoms with Crippen molar-refractivity contribution >= 4 is 5.91 Å². The summed E-state index contributed by atoms with van der Waals surface area (Å²) in [6.07, 6.45) is 7.91. The fraction of sp³-hybridized carbons (Fsp3) is 0.720. The summed E-state index contributed by atoms with van der Waals surface area (Å²) < 4.78 is 0. The molecule has 29 heavy (non-hydrogen) atoms. The number of benzene rings is 1. The predicted octanol–water partition coefficient (Wildman–Crippen LogP) is 3.84. The molecule has 1 saturated carbocycles. The molecule has 4 nitrogen and oxygen atoms in total. The summed E-state index contributed by atoms with van der Waals surface area (Å²) in [6, 6.07) is 9.95. The lowest BCUT2D eigenvalue weighted by molar-refractivity contribution is -0.146. The Morgan fingerprint density at radius 3 is 2.48 bits per heavy atom. The molecule has 1 aromatic rings. The number of carbonyl (C=O) groups excluding carboxylic acids is 1. The van der Waals surface area contributed by atoms with Crippen LogP contribution in [0.2, 0.25) is 0 Å². The Balaban J connectivity index is 1.49. The summed E-state index contributed by atoms with van der Waals surface area (Å²) >= 11 is 0. The van der Waals surface area contributed by atoms with Gasteiger partial charge < -0.3 is 10.2 Å². The molecule has 1 N–H and O–H groups in total. The highest BCUT2D eigenvalue weighted by molar-refractivity contribution is 5.84. The number of carbonyl (C=O) groups is 1. The maximum absolute atomic E-state index is 13.5. The van der Waals surface area contributed by atoms with E-state index >= 15 is 0 Å². The van der Waals surface area contributed by atoms with Gasteiger partial charge in [0.05, 0.1) is 5.41 Å². The maximum Gasteiger partial charge on any atom is 0.228 e. The first-order valence-corrected chi connectivity index (χ1v) is 11.8. The summed E-state index contributed by atoms with van der Waals surface area (Å²) in [5.41, 5.74) is 2.60. The molecule has 2 aliphatic heterocycles. The van der Waals surface area contributed by atoms with Crippen molar-refractivity contribution in [1.82, 2.24) is 15.1 Å². The molecule has 2 heterocycles. The van der Waals surface area contributed by atoms with E-state index in [-0.39, 0.29) is 5.41 Å². The summed E-state index contributed by atoms with van der Waals surface area (Å²) in [6.45, 7) is 8.64. The molecule has 1 aromatic carbocycles. The molecule has 0 unspecified atom stereocenters. The lowest BCUT2D eigenvalue weighted by atomic mass is 9.67. The molecule has 2 atom stereocenters. The number of nitrogens with one attached hydrogen (secondary N) is 1. The van der Waals surface area contributed by atoms with Gasteiger partial charge in [0.2, 0.25) is 5.91 Å². The second-order valence-corrected chi connectivity index (χ2v) is 10.3. The van der Waals surface area contributed by atoms with Gasteiger partial charge in [0, 0.05) is 25.2 Å². The van der Waals surface area contributed by atoms with Gasteiger partial charge in [0.1, 0.15) is 0 Å². The molecular formula is C25H39N3O. The van der Waals surface area contributed by atoms with Crippen LogP contribution in [0.5, 0.6) is 0 Å². The molecule has 3 fully saturated rings. The first-order chi connectivity index (χ1) is 14.0. The van der Waals surface area contributed by atoms with Crippen LogP contribution in [0, 0.1) is 11.3 Å². The Hall–Kier alpha value is -1.39. The van der Waals surface area contributed by atoms with E-state index in [0.29, 0.717) is 23.9 Å². The molecule has 3 aliphatic rings. The van der Waals surface area contributed by atoms with E-state index < -0.39 is 0 Å². The van der Waals surface area contributed by atoms with Crippen LogP contribution in [0.15, 0.2) is 24.3 Å². The summed E-state index contributed by atoms with van der Waals surface area (Å²) in [7, 11) is 2.21. The van der Waals surface area contributed by atoms with Crippen LogP contribution in [0.25, 0.3) is 0 Å². The highest BCUT2D eigenvalue weighted by Gasteiger charge is 2.52. The Labute approximate surface area is 177 Å². The lowest BCUT2D eigenvalue weighted by Crippen LogP contribution is -2.66. The van der Waals surface area contributed by atoms with Crippen molar-refractivity contribution in [2.75, 3.05) is 26.7 Å². The summed E-state index contributed by atoms with van der Waals surface area (Å²) in [5, 5.41) is 3.42. The van der Waals surface area contributed by atoms with Crippen LogP contribution < -0.4 is 5.32 Å². The number of hydrogen-bond donors (Lipinski definition) is 1. The van der Waals surface area contributed by atoms with Crippen molar-refractivity contribution in [3.05, 3.63) is 35.4 Å². The average molecular weight is 398 g/mol. The zero-order valence-corrected chi connectivity index (χ0v) is 18.6. The maximum atomic E-state index is 13.5. The Bertz CT molecular complexity index is 697. The standard InChI is InChI=1S/C25H39N3O/c1-19(2)16-20-8-10-21(11-9-20)17-28-14-5-12-25(13-15-27(3)18-23(25)28)24(29)26-22-6-4-7-22/h8-11,19,22-23H,4-7,12-18H2,1-3H3,(H,26,29)/t23-,25+/m0/s1. The monoisotopic (exact) mass is 397 g/mol. The average Bonchev–Trinajstić information content (AvgIpc) is 2.66. The van der Waals surface area contributed by atoms with Crippen LogP contribution >= 0.6 is 0 Å². The van der Waals surface area contributed by atoms with Gasteiger partial charge in [-0.15, -0.1) is 0 Å². The van der Waals surface area contributed by atoms with Crippen LogP contribution in [0.1, 0.15) is 63.5 Å². The third kappa shape index (κ3) is 4.54. The van der Waals surface area contributed by atoms with Gasteiger partial charge in [-0.25, -0.2) is 0 Å². The number of nitrogens with zero attached hydrogens (tertiary/aromatic N) is 2. The number of fused-ring (bicyclic) bond motifs is 1. The fourth-order valence-corrected chi connectivity index (χ4v) is 5.56. The molecule has 0 radical (unpaired) electrons. The minimum absolute atomic E-state index is 0.196. The summed E-state index contributed by atoms with van der Waals surface area (Å²) in [4.78, 5) is 18.5. The van der Waals surface area contributed by atoms with Gasteiger partial charge in [0.15, 0.2) is 0 Å². The first kappa shape index (κ1) is 20.9. The number of likely N-dealkylation sites (tertiary alicyclic amines) is 2. The molecule has 0 bridgehead atoms. The first-order valence-electron chi connectivity index (χ1n) is 11.8. The lowest BCUT2D eigenvalue weighted by Gasteiger charge is -2.54. The minimum atomic E-state index is -0.196. The van der Waals surface area contributed by atoms with Crippen LogP contribution in [-0.4, -0.2) is 54.5 Å². The van der Waals surface area contributed by atoms with E-state index in [1.807, 2.05) is 0 Å². The number of likely N-dealkylation sites (N-methyl/N-ethyl adjacent to an activating group) is 1. The summed E-state index contributed by atoms with van der Waals surface area (Å²) in [5.74, 6) is 1.03. The second kappa shape index (κ2) is 8.77. The largest absolute Gasteiger partial charge is 0.353 e. The van der Waals surface area contributed by atoms with E-state index in [0.717, 1.165) is 51.9 Å². The zero-order valence-electron chi connectivity index (χ0n) is 18.6. The highest BCUT2D eigenvalue weighted by Crippen LogP contribution is 2.43. The van der Waals surface area contributed by atoms with Gasteiger partial charge in [-0.3, -0.25) is 9.69 Å². The molecule has 2 saturated heterocycles. The number of amides is 1. The van der Waals surface area contributed by atoms with Gasteiger partial charge >= 0.3 is 0 Å². The van der Waals surface area contributed by atoms with E-state index in [4.69, 9.17) is 0 Å². The van der Waals surface area contributed by atoms with E-state index in [1.165, 1.54) is 30.4 Å². The van der Waals surface area contributed by atoms with Crippen molar-refractivity contribution in [2.45, 2.75) is 77.4 Å². The molecule has 4 heteroatoms. The Morgan fingerprint density at radius 1 is 1.10 bits per heavy atom. The van der Waals surface area contributed by atoms with Crippen molar-refractivity contribution in [3.63, 3.8) is 0 Å². The van der Waals surface area contributed by atoms with Gasteiger partial charge in [-0.2, -0.15) is 0 Å². The van der Waals surface area contributed by atoms with Crippen molar-refractivity contribution in [2.24, 2.45) is 11.3 Å². The topological polar surface area (TPSA) is 35.6 Å². The second-order valence-electron chi connectivity index (χ2n) is 10.3. The van der Waals surface area contributed by atoms with Crippen molar-refractivity contribution < 1.29 is 4.79 Å². The molecule has 0 spiro atoms. The van der Waals surface area contributed by atoms with E-state index in [2.05, 4.69) is 60.3 Å². The minimum Gasteiger partial charge on any atom is -0.353 e. The van der Waals surface area contributed by atoms with Gasteiger partial charge in [-0.1, -0.05) is 38.1 Å². The Kier molecular flexibility index (Phi) is 6.31. The van der Waals surface area contributed by atoms with Gasteiger partial charge in [0.25, 0.3) is 0 Å². The third-order valence-corrected chi connectivity index (χ3v) is 7.52.